The summed E-state index contributed by atoms with van der Waals surface area (Å²) in [6.45, 7) is 1.67. The van der Waals surface area contributed by atoms with Crippen LogP contribution in [-0.4, -0.2) is 5.78 Å². The minimum atomic E-state index is 0.173. The van der Waals surface area contributed by atoms with Crippen molar-refractivity contribution in [2.75, 3.05) is 0 Å². The highest BCUT2D eigenvalue weighted by Gasteiger charge is 2.50. The molecule has 1 heteroatoms. The van der Waals surface area contributed by atoms with Crippen molar-refractivity contribution >= 4 is 16.6 Å². The molecule has 1 nitrogen and oxygen atoms in total. The monoisotopic (exact) mass is 260 g/mol. The maximum atomic E-state index is 11.9. The number of carbonyl (C=O) groups is 1. The van der Waals surface area contributed by atoms with E-state index in [0.717, 1.165) is 5.56 Å². The van der Waals surface area contributed by atoms with Crippen LogP contribution in [0.15, 0.2) is 42.5 Å². The average molecular weight is 260 g/mol. The van der Waals surface area contributed by atoms with Crippen LogP contribution in [0, 0.1) is 11.8 Å². The van der Waals surface area contributed by atoms with Crippen LogP contribution >= 0.6 is 0 Å². The van der Waals surface area contributed by atoms with E-state index in [1.54, 1.807) is 6.92 Å². The van der Waals surface area contributed by atoms with Crippen LogP contribution in [0.2, 0.25) is 0 Å². The van der Waals surface area contributed by atoms with Gasteiger partial charge in [-0.1, -0.05) is 42.5 Å². The molecule has 2 aromatic rings. The topological polar surface area (TPSA) is 17.1 Å². The zero-order valence-corrected chi connectivity index (χ0v) is 11.5. The summed E-state index contributed by atoms with van der Waals surface area (Å²) in [6, 6.07) is 10.8. The zero-order chi connectivity index (χ0) is 13.4. The summed E-state index contributed by atoms with van der Waals surface area (Å²) in [4.78, 5) is 11.9. The second-order valence-corrected chi connectivity index (χ2v) is 6.53. The molecule has 20 heavy (non-hydrogen) atoms. The molecule has 0 N–H and O–H groups in total. The maximum absolute atomic E-state index is 11.9. The summed E-state index contributed by atoms with van der Waals surface area (Å²) in [5.41, 5.74) is 3.86. The highest BCUT2D eigenvalue weighted by Crippen LogP contribution is 2.63. The Morgan fingerprint density at radius 2 is 1.70 bits per heavy atom. The van der Waals surface area contributed by atoms with Crippen molar-refractivity contribution in [3.8, 4) is 0 Å². The lowest BCUT2D eigenvalue weighted by Gasteiger charge is -2.22. The molecular weight excluding hydrogens is 244 g/mol. The number of carbonyl (C=O) groups excluding carboxylic acids is 1. The summed E-state index contributed by atoms with van der Waals surface area (Å²) in [5.74, 6) is 2.91. The lowest BCUT2D eigenvalue weighted by molar-refractivity contribution is 0.101. The van der Waals surface area contributed by atoms with E-state index in [9.17, 15) is 4.79 Å². The molecule has 0 aliphatic heterocycles. The van der Waals surface area contributed by atoms with Gasteiger partial charge in [-0.05, 0) is 58.9 Å². The lowest BCUT2D eigenvalue weighted by atomic mass is 9.81. The summed E-state index contributed by atoms with van der Waals surface area (Å²) < 4.78 is 0. The molecule has 0 radical (unpaired) electrons. The Morgan fingerprint density at radius 1 is 1.00 bits per heavy atom. The molecule has 0 amide bonds. The third kappa shape index (κ3) is 1.09. The minimum Gasteiger partial charge on any atom is -0.294 e. The average Bonchev–Trinajstić information content (AvgIpc) is 3.12. The van der Waals surface area contributed by atoms with Crippen LogP contribution in [0.1, 0.15) is 46.7 Å². The van der Waals surface area contributed by atoms with Crippen molar-refractivity contribution in [3.63, 3.8) is 0 Å². The van der Waals surface area contributed by atoms with Crippen LogP contribution in [0.3, 0.4) is 0 Å². The normalized spacial score (nSPS) is 32.0. The molecule has 0 saturated heterocycles. The van der Waals surface area contributed by atoms with Gasteiger partial charge in [0.1, 0.15) is 0 Å². The summed E-state index contributed by atoms with van der Waals surface area (Å²) in [6.07, 6.45) is 6.16. The van der Waals surface area contributed by atoms with Gasteiger partial charge in [-0.2, -0.15) is 0 Å². The Kier molecular flexibility index (Phi) is 1.85. The first-order valence-corrected chi connectivity index (χ1v) is 7.50. The van der Waals surface area contributed by atoms with Crippen LogP contribution in [0.5, 0.6) is 0 Å². The number of fused-ring (bicyclic) bond motifs is 7. The maximum Gasteiger partial charge on any atom is 0.160 e. The SMILES string of the molecule is CC(=O)c1ccc2c3c(cccc13)C1C3C=CC(C3)C21. The smallest absolute Gasteiger partial charge is 0.160 e. The second kappa shape index (κ2) is 3.41. The Hall–Kier alpha value is -1.89. The minimum absolute atomic E-state index is 0.173. The molecule has 4 atom stereocenters. The van der Waals surface area contributed by atoms with Gasteiger partial charge in [-0.3, -0.25) is 4.79 Å². The Labute approximate surface area is 118 Å². The molecule has 2 bridgehead atoms. The second-order valence-electron chi connectivity index (χ2n) is 6.53. The fourth-order valence-corrected chi connectivity index (χ4v) is 5.00. The van der Waals surface area contributed by atoms with Gasteiger partial charge in [0.15, 0.2) is 5.78 Å². The first-order chi connectivity index (χ1) is 9.75. The highest BCUT2D eigenvalue weighted by molar-refractivity contribution is 6.09. The molecular formula is C19H16O. The molecule has 1 fully saturated rings. The van der Waals surface area contributed by atoms with Gasteiger partial charge >= 0.3 is 0 Å². The van der Waals surface area contributed by atoms with Crippen LogP contribution < -0.4 is 0 Å². The molecule has 5 rings (SSSR count). The molecule has 2 aromatic carbocycles. The van der Waals surface area contributed by atoms with Crippen molar-refractivity contribution in [1.82, 2.24) is 0 Å². The third-order valence-electron chi connectivity index (χ3n) is 5.66. The molecule has 0 heterocycles. The van der Waals surface area contributed by atoms with E-state index < -0.39 is 0 Å². The first kappa shape index (κ1) is 10.8. The molecule has 98 valence electrons. The lowest BCUT2D eigenvalue weighted by Crippen LogP contribution is -2.10. The predicted octanol–water partition coefficient (Wildman–Crippen LogP) is 4.43. The highest BCUT2D eigenvalue weighted by atomic mass is 16.1. The molecule has 4 unspecified atom stereocenters. The standard InChI is InChI=1S/C19H16O/c1-10(20)13-7-8-16-18-12-6-5-11(9-12)17(18)15-4-2-3-14(13)19(15)16/h2-8,11-12,17-18H,9H2,1H3. The van der Waals surface area contributed by atoms with Gasteiger partial charge in [0.25, 0.3) is 0 Å². The quantitative estimate of drug-likeness (QED) is 0.547. The Balaban J connectivity index is 1.88. The summed E-state index contributed by atoms with van der Waals surface area (Å²) in [5, 5.41) is 2.55. The number of Topliss-reactive ketones (excluding diaryl/α,β-unsaturated/α-hetero) is 1. The molecule has 1 saturated carbocycles. The predicted molar refractivity (Wildman–Crippen MR) is 80.2 cm³/mol. The van der Waals surface area contributed by atoms with Crippen molar-refractivity contribution in [2.45, 2.75) is 25.2 Å². The Bertz CT molecular complexity index is 775. The molecule has 3 aliphatic rings. The number of rotatable bonds is 1. The summed E-state index contributed by atoms with van der Waals surface area (Å²) >= 11 is 0. The van der Waals surface area contributed by atoms with Crippen molar-refractivity contribution in [1.29, 1.82) is 0 Å². The van der Waals surface area contributed by atoms with Crippen LogP contribution in [0.4, 0.5) is 0 Å². The summed E-state index contributed by atoms with van der Waals surface area (Å²) in [7, 11) is 0. The van der Waals surface area contributed by atoms with Gasteiger partial charge in [-0.25, -0.2) is 0 Å². The van der Waals surface area contributed by atoms with Crippen molar-refractivity contribution in [3.05, 3.63) is 59.2 Å². The van der Waals surface area contributed by atoms with Gasteiger partial charge in [0.05, 0.1) is 0 Å². The van der Waals surface area contributed by atoms with E-state index >= 15 is 0 Å². The van der Waals surface area contributed by atoms with E-state index in [-0.39, 0.29) is 5.78 Å². The van der Waals surface area contributed by atoms with E-state index in [4.69, 9.17) is 0 Å². The van der Waals surface area contributed by atoms with Crippen molar-refractivity contribution in [2.24, 2.45) is 11.8 Å². The zero-order valence-electron chi connectivity index (χ0n) is 11.5. The fraction of sp³-hybridized carbons (Fsp3) is 0.316. The molecule has 0 spiro atoms. The number of hydrogen-bond donors (Lipinski definition) is 0. The number of allylic oxidation sites excluding steroid dienone is 2. The van der Waals surface area contributed by atoms with Crippen LogP contribution in [-0.2, 0) is 0 Å². The third-order valence-corrected chi connectivity index (χ3v) is 5.66. The van der Waals surface area contributed by atoms with Crippen LogP contribution in [0.25, 0.3) is 10.8 Å². The van der Waals surface area contributed by atoms with Gasteiger partial charge in [-0.15, -0.1) is 0 Å². The van der Waals surface area contributed by atoms with Gasteiger partial charge < -0.3 is 0 Å². The molecule has 0 aromatic heterocycles. The van der Waals surface area contributed by atoms with Gasteiger partial charge in [0.2, 0.25) is 0 Å². The number of hydrogen-bond acceptors (Lipinski definition) is 1. The fourth-order valence-electron chi connectivity index (χ4n) is 5.00. The van der Waals surface area contributed by atoms with E-state index in [1.807, 2.05) is 6.07 Å². The first-order valence-electron chi connectivity index (χ1n) is 7.50. The van der Waals surface area contributed by atoms with E-state index in [2.05, 4.69) is 36.4 Å². The van der Waals surface area contributed by atoms with Gasteiger partial charge in [0, 0.05) is 5.56 Å². The van der Waals surface area contributed by atoms with Crippen molar-refractivity contribution < 1.29 is 4.79 Å². The largest absolute Gasteiger partial charge is 0.294 e. The number of benzene rings is 2. The van der Waals surface area contributed by atoms with E-state index in [0.29, 0.717) is 23.7 Å². The number of ketones is 1. The molecule has 3 aliphatic carbocycles. The Morgan fingerprint density at radius 3 is 2.40 bits per heavy atom. The van der Waals surface area contributed by atoms with E-state index in [1.165, 1.54) is 28.3 Å².